The fraction of sp³-hybridized carbons (Fsp3) is 0.400. The van der Waals surface area contributed by atoms with Crippen molar-refractivity contribution in [3.8, 4) is 0 Å². The summed E-state index contributed by atoms with van der Waals surface area (Å²) in [4.78, 5) is 0. The van der Waals surface area contributed by atoms with Crippen molar-refractivity contribution >= 4 is 0 Å². The first-order valence-electron chi connectivity index (χ1n) is 8.99. The molecule has 1 aliphatic rings. The van der Waals surface area contributed by atoms with Gasteiger partial charge in [0.25, 0.3) is 0 Å². The Morgan fingerprint density at radius 2 is 1.60 bits per heavy atom. The van der Waals surface area contributed by atoms with E-state index >= 15 is 0 Å². The zero-order chi connectivity index (χ0) is 22.2. The molecule has 1 saturated heterocycles. The molecule has 0 saturated carbocycles. The standard InChI is InChI=1S/C20H18F7NO2/c1-12(13-8-14(19(22,23)24)10-15(9-13)20(25,26)27)30-18(11-28-6-7-29-18)16-4-2-3-5-17(16)21/h2-5,8-10,12,28H,6-7,11H2,1H3/t12-,18+/m1/s1. The highest BCUT2D eigenvalue weighted by molar-refractivity contribution is 5.35. The van der Waals surface area contributed by atoms with Gasteiger partial charge in [-0.15, -0.1) is 0 Å². The van der Waals surface area contributed by atoms with E-state index in [1.165, 1.54) is 25.1 Å². The molecule has 0 radical (unpaired) electrons. The Morgan fingerprint density at radius 1 is 1.00 bits per heavy atom. The van der Waals surface area contributed by atoms with Crippen LogP contribution in [0.2, 0.25) is 0 Å². The van der Waals surface area contributed by atoms with Crippen molar-refractivity contribution in [1.29, 1.82) is 0 Å². The lowest BCUT2D eigenvalue weighted by molar-refractivity contribution is -0.277. The van der Waals surface area contributed by atoms with Crippen LogP contribution in [0.5, 0.6) is 0 Å². The number of nitrogens with one attached hydrogen (secondary N) is 1. The molecule has 2 atom stereocenters. The third-order valence-corrected chi connectivity index (χ3v) is 4.70. The molecule has 30 heavy (non-hydrogen) atoms. The van der Waals surface area contributed by atoms with Gasteiger partial charge in [-0.2, -0.15) is 26.3 Å². The molecule has 1 heterocycles. The normalized spacial score (nSPS) is 21.5. The maximum atomic E-state index is 14.4. The van der Waals surface area contributed by atoms with Crippen molar-refractivity contribution in [2.24, 2.45) is 0 Å². The highest BCUT2D eigenvalue weighted by Gasteiger charge is 2.42. The molecule has 0 bridgehead atoms. The van der Waals surface area contributed by atoms with Gasteiger partial charge in [0, 0.05) is 12.1 Å². The Balaban J connectivity index is 2.02. The first kappa shape index (κ1) is 22.5. The fourth-order valence-corrected chi connectivity index (χ4v) is 3.24. The third kappa shape index (κ3) is 4.76. The highest BCUT2D eigenvalue weighted by Crippen LogP contribution is 2.40. The maximum Gasteiger partial charge on any atom is 0.416 e. The molecule has 1 N–H and O–H groups in total. The van der Waals surface area contributed by atoms with Gasteiger partial charge in [-0.3, -0.25) is 0 Å². The Kier molecular flexibility index (Phi) is 6.13. The SMILES string of the molecule is C[C@@H](O[C@]1(c2ccccc2F)CNCCO1)c1cc(C(F)(F)F)cc(C(F)(F)F)c1. The van der Waals surface area contributed by atoms with Gasteiger partial charge >= 0.3 is 12.4 Å². The lowest BCUT2D eigenvalue weighted by Gasteiger charge is -2.40. The van der Waals surface area contributed by atoms with Crippen molar-refractivity contribution < 1.29 is 40.2 Å². The second kappa shape index (κ2) is 8.16. The zero-order valence-electron chi connectivity index (χ0n) is 15.7. The van der Waals surface area contributed by atoms with Crippen molar-refractivity contribution in [2.75, 3.05) is 19.7 Å². The van der Waals surface area contributed by atoms with Gasteiger partial charge in [-0.05, 0) is 36.8 Å². The Hall–Kier alpha value is -2.17. The van der Waals surface area contributed by atoms with Gasteiger partial charge in [0.2, 0.25) is 5.79 Å². The third-order valence-electron chi connectivity index (χ3n) is 4.70. The first-order chi connectivity index (χ1) is 13.9. The molecule has 3 nitrogen and oxygen atoms in total. The molecule has 1 aliphatic heterocycles. The molecule has 3 rings (SSSR count). The summed E-state index contributed by atoms with van der Waals surface area (Å²) in [5.74, 6) is -2.39. The first-order valence-corrected chi connectivity index (χ1v) is 8.99. The van der Waals surface area contributed by atoms with Gasteiger partial charge in [0.1, 0.15) is 5.82 Å². The van der Waals surface area contributed by atoms with Crippen LogP contribution in [0.15, 0.2) is 42.5 Å². The minimum Gasteiger partial charge on any atom is -0.343 e. The van der Waals surface area contributed by atoms with Gasteiger partial charge in [0.05, 0.1) is 30.4 Å². The smallest absolute Gasteiger partial charge is 0.343 e. The Bertz CT molecular complexity index is 857. The van der Waals surface area contributed by atoms with Crippen LogP contribution in [0.25, 0.3) is 0 Å². The molecule has 0 amide bonds. The highest BCUT2D eigenvalue weighted by atomic mass is 19.4. The van der Waals surface area contributed by atoms with Crippen LogP contribution >= 0.6 is 0 Å². The van der Waals surface area contributed by atoms with Crippen LogP contribution in [0.3, 0.4) is 0 Å². The minimum atomic E-state index is -4.98. The molecular formula is C20H18F7NO2. The second-order valence-electron chi connectivity index (χ2n) is 6.86. The number of rotatable bonds is 4. The molecular weight excluding hydrogens is 419 g/mol. The average molecular weight is 437 g/mol. The van der Waals surface area contributed by atoms with Crippen LogP contribution < -0.4 is 5.32 Å². The molecule has 164 valence electrons. The molecule has 2 aromatic rings. The molecule has 0 spiro atoms. The van der Waals surface area contributed by atoms with Gasteiger partial charge in [0.15, 0.2) is 0 Å². The van der Waals surface area contributed by atoms with Crippen LogP contribution in [0, 0.1) is 5.82 Å². The van der Waals surface area contributed by atoms with Crippen LogP contribution in [-0.4, -0.2) is 19.7 Å². The molecule has 2 aromatic carbocycles. The number of hydrogen-bond donors (Lipinski definition) is 1. The lowest BCUT2D eigenvalue weighted by atomic mass is 10.00. The predicted octanol–water partition coefficient (Wildman–Crippen LogP) is 5.41. The number of halogens is 7. The molecule has 0 aliphatic carbocycles. The summed E-state index contributed by atoms with van der Waals surface area (Å²) in [6, 6.07) is 6.74. The largest absolute Gasteiger partial charge is 0.416 e. The van der Waals surface area contributed by atoms with Gasteiger partial charge < -0.3 is 14.8 Å². The topological polar surface area (TPSA) is 30.5 Å². The summed E-state index contributed by atoms with van der Waals surface area (Å²) in [5, 5.41) is 2.95. The van der Waals surface area contributed by atoms with E-state index in [1.54, 1.807) is 0 Å². The van der Waals surface area contributed by atoms with E-state index in [0.29, 0.717) is 18.7 Å². The van der Waals surface area contributed by atoms with E-state index < -0.39 is 41.2 Å². The Labute approximate surface area is 167 Å². The molecule has 0 aromatic heterocycles. The molecule has 1 fully saturated rings. The van der Waals surface area contributed by atoms with Crippen LogP contribution in [0.4, 0.5) is 30.7 Å². The monoisotopic (exact) mass is 437 g/mol. The summed E-state index contributed by atoms with van der Waals surface area (Å²) in [7, 11) is 0. The van der Waals surface area contributed by atoms with Crippen molar-refractivity contribution in [3.63, 3.8) is 0 Å². The van der Waals surface area contributed by atoms with Gasteiger partial charge in [-0.1, -0.05) is 18.2 Å². The number of ether oxygens (including phenoxy) is 2. The van der Waals surface area contributed by atoms with Gasteiger partial charge in [-0.25, -0.2) is 4.39 Å². The van der Waals surface area contributed by atoms with E-state index in [-0.39, 0.29) is 30.3 Å². The summed E-state index contributed by atoms with van der Waals surface area (Å²) >= 11 is 0. The Morgan fingerprint density at radius 3 is 2.10 bits per heavy atom. The molecule has 0 unspecified atom stereocenters. The van der Waals surface area contributed by atoms with E-state index in [2.05, 4.69) is 5.32 Å². The van der Waals surface area contributed by atoms with E-state index in [1.807, 2.05) is 0 Å². The van der Waals surface area contributed by atoms with E-state index in [9.17, 15) is 30.7 Å². The maximum absolute atomic E-state index is 14.4. The zero-order valence-corrected chi connectivity index (χ0v) is 15.7. The summed E-state index contributed by atoms with van der Waals surface area (Å²) in [6.07, 6.45) is -11.2. The van der Waals surface area contributed by atoms with Crippen LogP contribution in [-0.2, 0) is 27.6 Å². The van der Waals surface area contributed by atoms with E-state index in [4.69, 9.17) is 9.47 Å². The predicted molar refractivity (Wildman–Crippen MR) is 92.8 cm³/mol. The van der Waals surface area contributed by atoms with Crippen molar-refractivity contribution in [3.05, 3.63) is 70.5 Å². The lowest BCUT2D eigenvalue weighted by Crippen LogP contribution is -2.50. The molecule has 10 heteroatoms. The summed E-state index contributed by atoms with van der Waals surface area (Å²) in [6.45, 7) is 1.78. The van der Waals surface area contributed by atoms with Crippen LogP contribution in [0.1, 0.15) is 35.3 Å². The quantitative estimate of drug-likeness (QED) is 0.649. The second-order valence-corrected chi connectivity index (χ2v) is 6.86. The summed E-state index contributed by atoms with van der Waals surface area (Å²) < 4.78 is 105. The number of alkyl halides is 6. The minimum absolute atomic E-state index is 0.00734. The number of hydrogen-bond acceptors (Lipinski definition) is 3. The van der Waals surface area contributed by atoms with Crippen molar-refractivity contribution in [2.45, 2.75) is 31.2 Å². The fourth-order valence-electron chi connectivity index (χ4n) is 3.24. The average Bonchev–Trinajstić information content (AvgIpc) is 2.67. The van der Waals surface area contributed by atoms with E-state index in [0.717, 1.165) is 6.07 Å². The summed E-state index contributed by atoms with van der Waals surface area (Å²) in [5.41, 5.74) is -3.27. The van der Waals surface area contributed by atoms with Crippen molar-refractivity contribution in [1.82, 2.24) is 5.32 Å². The number of benzene rings is 2. The number of morpholine rings is 1.